The van der Waals surface area contributed by atoms with Crippen molar-refractivity contribution >= 4 is 0 Å². The highest BCUT2D eigenvalue weighted by Crippen LogP contribution is 2.36. The second-order valence-electron chi connectivity index (χ2n) is 5.60. The lowest BCUT2D eigenvalue weighted by Crippen LogP contribution is -2.03. The van der Waals surface area contributed by atoms with Crippen molar-refractivity contribution in [2.24, 2.45) is 5.92 Å². The number of aromatic hydroxyl groups is 1. The predicted octanol–water partition coefficient (Wildman–Crippen LogP) is 4.17. The van der Waals surface area contributed by atoms with Crippen molar-refractivity contribution in [1.82, 2.24) is 0 Å². The van der Waals surface area contributed by atoms with Crippen molar-refractivity contribution in [3.05, 3.63) is 28.6 Å². The van der Waals surface area contributed by atoms with Gasteiger partial charge < -0.3 is 5.11 Å². The highest BCUT2D eigenvalue weighted by atomic mass is 19.1. The molecule has 0 aliphatic heterocycles. The SMILES string of the molecule is CC1CCc2cc(O)c(C(C)C)c(F)c2CC1. The van der Waals surface area contributed by atoms with E-state index in [1.54, 1.807) is 6.07 Å². The van der Waals surface area contributed by atoms with E-state index in [9.17, 15) is 9.50 Å². The van der Waals surface area contributed by atoms with Gasteiger partial charge in [-0.25, -0.2) is 4.39 Å². The fourth-order valence-corrected chi connectivity index (χ4v) is 2.73. The third-order valence-corrected chi connectivity index (χ3v) is 3.85. The number of halogens is 1. The highest BCUT2D eigenvalue weighted by molar-refractivity contribution is 5.45. The minimum absolute atomic E-state index is 0.0287. The van der Waals surface area contributed by atoms with Crippen molar-refractivity contribution in [2.45, 2.75) is 52.4 Å². The number of rotatable bonds is 1. The molecule has 1 unspecified atom stereocenters. The molecule has 0 heterocycles. The zero-order valence-corrected chi connectivity index (χ0v) is 10.9. The van der Waals surface area contributed by atoms with Crippen LogP contribution in [0.4, 0.5) is 4.39 Å². The van der Waals surface area contributed by atoms with Gasteiger partial charge in [0.15, 0.2) is 0 Å². The third kappa shape index (κ3) is 2.31. The summed E-state index contributed by atoms with van der Waals surface area (Å²) >= 11 is 0. The molecule has 1 atom stereocenters. The minimum atomic E-state index is -0.163. The first kappa shape index (κ1) is 12.4. The minimum Gasteiger partial charge on any atom is -0.508 e. The molecule has 0 aromatic heterocycles. The summed E-state index contributed by atoms with van der Waals surface area (Å²) in [4.78, 5) is 0. The summed E-state index contributed by atoms with van der Waals surface area (Å²) in [7, 11) is 0. The van der Waals surface area contributed by atoms with E-state index in [0.717, 1.165) is 36.8 Å². The van der Waals surface area contributed by atoms with Gasteiger partial charge >= 0.3 is 0 Å². The normalized spacial score (nSPS) is 20.2. The van der Waals surface area contributed by atoms with Gasteiger partial charge in [-0.2, -0.15) is 0 Å². The Hall–Kier alpha value is -1.05. The number of phenols is 1. The van der Waals surface area contributed by atoms with Crippen molar-refractivity contribution in [1.29, 1.82) is 0 Å². The quantitative estimate of drug-likeness (QED) is 0.725. The van der Waals surface area contributed by atoms with Crippen LogP contribution in [0.2, 0.25) is 0 Å². The fourth-order valence-electron chi connectivity index (χ4n) is 2.73. The summed E-state index contributed by atoms with van der Waals surface area (Å²) in [6.45, 7) is 6.06. The Balaban J connectivity index is 2.51. The lowest BCUT2D eigenvalue weighted by molar-refractivity contribution is 0.450. The van der Waals surface area contributed by atoms with Gasteiger partial charge in [0.05, 0.1) is 0 Å². The molecule has 0 saturated carbocycles. The fraction of sp³-hybridized carbons (Fsp3) is 0.600. The molecule has 94 valence electrons. The predicted molar refractivity (Wildman–Crippen MR) is 68.0 cm³/mol. The summed E-state index contributed by atoms with van der Waals surface area (Å²) in [5, 5.41) is 9.94. The molecular formula is C15H21FO. The monoisotopic (exact) mass is 236 g/mol. The summed E-state index contributed by atoms with van der Waals surface area (Å²) in [6.07, 6.45) is 3.83. The van der Waals surface area contributed by atoms with Gasteiger partial charge in [-0.3, -0.25) is 0 Å². The van der Waals surface area contributed by atoms with E-state index in [1.165, 1.54) is 0 Å². The molecular weight excluding hydrogens is 215 g/mol. The van der Waals surface area contributed by atoms with Gasteiger partial charge in [0.25, 0.3) is 0 Å². The summed E-state index contributed by atoms with van der Waals surface area (Å²) in [6, 6.07) is 1.78. The zero-order valence-electron chi connectivity index (χ0n) is 10.9. The molecule has 0 bridgehead atoms. The molecule has 2 rings (SSSR count). The van der Waals surface area contributed by atoms with Crippen LogP contribution in [0.1, 0.15) is 56.2 Å². The van der Waals surface area contributed by atoms with Crippen LogP contribution in [0.3, 0.4) is 0 Å². The molecule has 1 aliphatic carbocycles. The smallest absolute Gasteiger partial charge is 0.133 e. The average Bonchev–Trinajstić information content (AvgIpc) is 2.41. The van der Waals surface area contributed by atoms with E-state index in [2.05, 4.69) is 6.92 Å². The molecule has 1 N–H and O–H groups in total. The molecule has 17 heavy (non-hydrogen) atoms. The zero-order chi connectivity index (χ0) is 12.6. The van der Waals surface area contributed by atoms with Gasteiger partial charge in [-0.1, -0.05) is 20.8 Å². The number of hydrogen-bond donors (Lipinski definition) is 1. The van der Waals surface area contributed by atoms with Crippen LogP contribution in [0.15, 0.2) is 6.07 Å². The van der Waals surface area contributed by atoms with Crippen LogP contribution >= 0.6 is 0 Å². The second kappa shape index (κ2) is 4.67. The Morgan fingerprint density at radius 3 is 2.59 bits per heavy atom. The largest absolute Gasteiger partial charge is 0.508 e. The van der Waals surface area contributed by atoms with Gasteiger partial charge in [-0.05, 0) is 54.7 Å². The van der Waals surface area contributed by atoms with Crippen LogP contribution < -0.4 is 0 Å². The second-order valence-corrected chi connectivity index (χ2v) is 5.60. The van der Waals surface area contributed by atoms with E-state index in [1.807, 2.05) is 13.8 Å². The Kier molecular flexibility index (Phi) is 3.41. The van der Waals surface area contributed by atoms with E-state index in [-0.39, 0.29) is 17.5 Å². The lowest BCUT2D eigenvalue weighted by atomic mass is 9.93. The Bertz CT molecular complexity index is 423. The first-order valence-corrected chi connectivity index (χ1v) is 6.53. The molecule has 0 fully saturated rings. The van der Waals surface area contributed by atoms with Crippen LogP contribution in [0, 0.1) is 11.7 Å². The van der Waals surface area contributed by atoms with Crippen LogP contribution in [0.5, 0.6) is 5.75 Å². The van der Waals surface area contributed by atoms with Gasteiger partial charge in [0.2, 0.25) is 0 Å². The molecule has 1 nitrogen and oxygen atoms in total. The molecule has 0 spiro atoms. The molecule has 0 radical (unpaired) electrons. The standard InChI is InChI=1S/C15H21FO/c1-9(2)14-13(17)8-11-6-4-10(3)5-7-12(11)15(14)16/h8-10,17H,4-7H2,1-3H3. The molecule has 0 saturated heterocycles. The molecule has 1 aromatic carbocycles. The topological polar surface area (TPSA) is 20.2 Å². The summed E-state index contributed by atoms with van der Waals surface area (Å²) in [5.74, 6) is 0.641. The van der Waals surface area contributed by atoms with Crippen molar-refractivity contribution in [2.75, 3.05) is 0 Å². The number of aryl methyl sites for hydroxylation is 1. The Labute approximate surface area is 103 Å². The number of hydrogen-bond acceptors (Lipinski definition) is 1. The average molecular weight is 236 g/mol. The summed E-state index contributed by atoms with van der Waals surface area (Å²) in [5.41, 5.74) is 2.34. The first-order valence-electron chi connectivity index (χ1n) is 6.53. The maximum absolute atomic E-state index is 14.4. The molecule has 1 aliphatic rings. The van der Waals surface area contributed by atoms with E-state index in [0.29, 0.717) is 11.5 Å². The van der Waals surface area contributed by atoms with Gasteiger partial charge in [0, 0.05) is 5.56 Å². The highest BCUT2D eigenvalue weighted by Gasteiger charge is 2.22. The van der Waals surface area contributed by atoms with Crippen LogP contribution in [-0.2, 0) is 12.8 Å². The van der Waals surface area contributed by atoms with Crippen molar-refractivity contribution in [3.63, 3.8) is 0 Å². The molecule has 2 heteroatoms. The van der Waals surface area contributed by atoms with Crippen molar-refractivity contribution in [3.8, 4) is 5.75 Å². The lowest BCUT2D eigenvalue weighted by Gasteiger charge is -2.15. The van der Waals surface area contributed by atoms with Crippen LogP contribution in [-0.4, -0.2) is 5.11 Å². The van der Waals surface area contributed by atoms with E-state index < -0.39 is 0 Å². The van der Waals surface area contributed by atoms with Crippen molar-refractivity contribution < 1.29 is 9.50 Å². The maximum atomic E-state index is 14.4. The maximum Gasteiger partial charge on any atom is 0.133 e. The number of phenolic OH excluding ortho intramolecular Hbond substituents is 1. The van der Waals surface area contributed by atoms with Gasteiger partial charge in [0.1, 0.15) is 11.6 Å². The van der Waals surface area contributed by atoms with E-state index in [4.69, 9.17) is 0 Å². The Morgan fingerprint density at radius 2 is 1.94 bits per heavy atom. The summed E-state index contributed by atoms with van der Waals surface area (Å²) < 4.78 is 14.4. The van der Waals surface area contributed by atoms with Gasteiger partial charge in [-0.15, -0.1) is 0 Å². The molecule has 0 amide bonds. The number of fused-ring (bicyclic) bond motifs is 1. The molecule has 1 aromatic rings. The Morgan fingerprint density at radius 1 is 1.29 bits per heavy atom. The number of benzene rings is 1. The third-order valence-electron chi connectivity index (χ3n) is 3.85. The van der Waals surface area contributed by atoms with E-state index >= 15 is 0 Å². The first-order chi connectivity index (χ1) is 8.00. The van der Waals surface area contributed by atoms with Crippen LogP contribution in [0.25, 0.3) is 0 Å².